The Balaban J connectivity index is 1.79. The highest BCUT2D eigenvalue weighted by Gasteiger charge is 2.11. The van der Waals surface area contributed by atoms with Crippen LogP contribution in [-0.4, -0.2) is 10.9 Å². The van der Waals surface area contributed by atoms with Crippen LogP contribution in [0.4, 0.5) is 5.13 Å². The maximum absolute atomic E-state index is 12.0. The van der Waals surface area contributed by atoms with Gasteiger partial charge in [-0.05, 0) is 30.2 Å². The molecular weight excluding hydrogens is 304 g/mol. The van der Waals surface area contributed by atoms with Gasteiger partial charge in [-0.3, -0.25) is 4.79 Å². The van der Waals surface area contributed by atoms with Crippen LogP contribution < -0.4 is 5.32 Å². The van der Waals surface area contributed by atoms with Crippen molar-refractivity contribution in [3.63, 3.8) is 0 Å². The average Bonchev–Trinajstić information content (AvgIpc) is 2.87. The smallest absolute Gasteiger partial charge is 0.230 e. The van der Waals surface area contributed by atoms with Gasteiger partial charge in [-0.2, -0.15) is 0 Å². The Morgan fingerprint density at radius 2 is 2.00 bits per heavy atom. The van der Waals surface area contributed by atoms with Crippen molar-refractivity contribution >= 4 is 44.2 Å². The minimum atomic E-state index is -0.0657. The number of halogens is 1. The number of nitrogens with zero attached hydrogens (tertiary/aromatic N) is 1. The average molecular weight is 317 g/mol. The second-order valence-electron chi connectivity index (χ2n) is 4.75. The molecule has 0 fully saturated rings. The molecule has 1 aromatic heterocycles. The van der Waals surface area contributed by atoms with Crippen LogP contribution in [0.2, 0.25) is 5.02 Å². The van der Waals surface area contributed by atoms with Crippen LogP contribution in [0.3, 0.4) is 0 Å². The molecule has 3 nitrogen and oxygen atoms in total. The number of rotatable bonds is 3. The fourth-order valence-corrected chi connectivity index (χ4v) is 3.19. The number of anilines is 1. The van der Waals surface area contributed by atoms with Crippen molar-refractivity contribution in [2.24, 2.45) is 0 Å². The van der Waals surface area contributed by atoms with Gasteiger partial charge in [0, 0.05) is 5.02 Å². The molecule has 0 unspecified atom stereocenters. The molecule has 0 saturated carbocycles. The predicted molar refractivity (Wildman–Crippen MR) is 88.1 cm³/mol. The Labute approximate surface area is 131 Å². The summed E-state index contributed by atoms with van der Waals surface area (Å²) in [4.78, 5) is 16.5. The number of hydrogen-bond donors (Lipinski definition) is 1. The molecule has 21 heavy (non-hydrogen) atoms. The number of nitrogens with one attached hydrogen (secondary N) is 1. The Hall–Kier alpha value is -1.91. The van der Waals surface area contributed by atoms with E-state index in [1.807, 2.05) is 49.4 Å². The van der Waals surface area contributed by atoms with Gasteiger partial charge in [0.15, 0.2) is 5.13 Å². The quantitative estimate of drug-likeness (QED) is 0.776. The second-order valence-corrected chi connectivity index (χ2v) is 6.19. The number of fused-ring (bicyclic) bond motifs is 1. The summed E-state index contributed by atoms with van der Waals surface area (Å²) in [5.41, 5.74) is 2.77. The number of carbonyl (C=O) groups excluding carboxylic acids is 1. The lowest BCUT2D eigenvalue weighted by molar-refractivity contribution is -0.115. The van der Waals surface area contributed by atoms with Gasteiger partial charge in [0.2, 0.25) is 5.91 Å². The molecule has 1 N–H and O–H groups in total. The van der Waals surface area contributed by atoms with E-state index < -0.39 is 0 Å². The number of carbonyl (C=O) groups is 1. The number of thiazole rings is 1. The number of aromatic nitrogens is 1. The van der Waals surface area contributed by atoms with E-state index in [4.69, 9.17) is 11.6 Å². The van der Waals surface area contributed by atoms with Crippen molar-refractivity contribution < 1.29 is 4.79 Å². The van der Waals surface area contributed by atoms with Gasteiger partial charge < -0.3 is 5.32 Å². The zero-order valence-corrected chi connectivity index (χ0v) is 13.0. The third kappa shape index (κ3) is 3.06. The summed E-state index contributed by atoms with van der Waals surface area (Å²) in [6.45, 7) is 1.93. The zero-order valence-electron chi connectivity index (χ0n) is 11.4. The van der Waals surface area contributed by atoms with Crippen LogP contribution in [0.15, 0.2) is 42.5 Å². The van der Waals surface area contributed by atoms with Gasteiger partial charge >= 0.3 is 0 Å². The van der Waals surface area contributed by atoms with E-state index in [0.29, 0.717) is 16.6 Å². The maximum atomic E-state index is 12.0. The lowest BCUT2D eigenvalue weighted by Crippen LogP contribution is -2.14. The van der Waals surface area contributed by atoms with Gasteiger partial charge in [-0.15, -0.1) is 0 Å². The standard InChI is InChI=1S/C16H13ClN2OS/c1-10-12(17)7-8-13-15(10)19-16(21-13)18-14(20)9-11-5-3-2-4-6-11/h2-8H,9H2,1H3,(H,18,19,20). The van der Waals surface area contributed by atoms with Gasteiger partial charge in [-0.1, -0.05) is 53.3 Å². The summed E-state index contributed by atoms with van der Waals surface area (Å²) in [5.74, 6) is -0.0657. The highest BCUT2D eigenvalue weighted by Crippen LogP contribution is 2.31. The molecule has 0 aliphatic rings. The highest BCUT2D eigenvalue weighted by atomic mass is 35.5. The third-order valence-electron chi connectivity index (χ3n) is 3.20. The number of benzene rings is 2. The van der Waals surface area contributed by atoms with Crippen molar-refractivity contribution in [3.05, 3.63) is 58.6 Å². The van der Waals surface area contributed by atoms with Crippen molar-refractivity contribution in [3.8, 4) is 0 Å². The summed E-state index contributed by atoms with van der Waals surface area (Å²) in [6.07, 6.45) is 0.344. The molecule has 0 bridgehead atoms. The first-order valence-corrected chi connectivity index (χ1v) is 7.72. The van der Waals surface area contributed by atoms with Gasteiger partial charge in [0.1, 0.15) is 0 Å². The maximum Gasteiger partial charge on any atom is 0.230 e. The Morgan fingerprint density at radius 3 is 2.76 bits per heavy atom. The lowest BCUT2D eigenvalue weighted by atomic mass is 10.1. The van der Waals surface area contributed by atoms with Crippen molar-refractivity contribution in [1.82, 2.24) is 4.98 Å². The minimum absolute atomic E-state index is 0.0657. The lowest BCUT2D eigenvalue weighted by Gasteiger charge is -2.01. The summed E-state index contributed by atoms with van der Waals surface area (Å²) in [6, 6.07) is 13.4. The predicted octanol–water partition coefficient (Wildman–Crippen LogP) is 4.44. The summed E-state index contributed by atoms with van der Waals surface area (Å²) in [5, 5.41) is 4.15. The fourth-order valence-electron chi connectivity index (χ4n) is 2.10. The van der Waals surface area contributed by atoms with Gasteiger partial charge in [0.25, 0.3) is 0 Å². The van der Waals surface area contributed by atoms with Crippen LogP contribution in [-0.2, 0) is 11.2 Å². The van der Waals surface area contributed by atoms with Crippen LogP contribution in [0.25, 0.3) is 10.2 Å². The normalized spacial score (nSPS) is 10.8. The molecule has 2 aromatic carbocycles. The first-order valence-electron chi connectivity index (χ1n) is 6.53. The molecule has 1 amide bonds. The SMILES string of the molecule is Cc1c(Cl)ccc2sc(NC(=O)Cc3ccccc3)nc12. The largest absolute Gasteiger partial charge is 0.302 e. The van der Waals surface area contributed by atoms with Crippen molar-refractivity contribution in [1.29, 1.82) is 0 Å². The van der Waals surface area contributed by atoms with E-state index in [1.54, 1.807) is 0 Å². The van der Waals surface area contributed by atoms with Crippen molar-refractivity contribution in [2.45, 2.75) is 13.3 Å². The minimum Gasteiger partial charge on any atom is -0.302 e. The zero-order chi connectivity index (χ0) is 14.8. The first kappa shape index (κ1) is 14.0. The third-order valence-corrected chi connectivity index (χ3v) is 4.55. The Bertz CT molecular complexity index is 799. The monoisotopic (exact) mass is 316 g/mol. The number of hydrogen-bond acceptors (Lipinski definition) is 3. The molecular formula is C16H13ClN2OS. The summed E-state index contributed by atoms with van der Waals surface area (Å²) >= 11 is 7.54. The van der Waals surface area contributed by atoms with E-state index in [9.17, 15) is 4.79 Å². The Morgan fingerprint density at radius 1 is 1.24 bits per heavy atom. The molecule has 1 heterocycles. The fraction of sp³-hybridized carbons (Fsp3) is 0.125. The molecule has 0 aliphatic carbocycles. The van der Waals surface area contributed by atoms with E-state index in [2.05, 4.69) is 10.3 Å². The number of aryl methyl sites for hydroxylation is 1. The highest BCUT2D eigenvalue weighted by molar-refractivity contribution is 7.22. The molecule has 106 valence electrons. The molecule has 5 heteroatoms. The van der Waals surface area contributed by atoms with E-state index in [-0.39, 0.29) is 5.91 Å². The topological polar surface area (TPSA) is 42.0 Å². The number of amides is 1. The first-order chi connectivity index (χ1) is 10.1. The molecule has 3 rings (SSSR count). The summed E-state index contributed by atoms with van der Waals surface area (Å²) < 4.78 is 1.02. The van der Waals surface area contributed by atoms with Crippen molar-refractivity contribution in [2.75, 3.05) is 5.32 Å². The molecule has 3 aromatic rings. The molecule has 0 atom stereocenters. The Kier molecular flexibility index (Phi) is 3.90. The summed E-state index contributed by atoms with van der Waals surface area (Å²) in [7, 11) is 0. The molecule has 0 spiro atoms. The van der Waals surface area contributed by atoms with Crippen LogP contribution in [0.1, 0.15) is 11.1 Å². The van der Waals surface area contributed by atoms with Gasteiger partial charge in [-0.25, -0.2) is 4.98 Å². The second kappa shape index (κ2) is 5.84. The van der Waals surface area contributed by atoms with Crippen LogP contribution >= 0.6 is 22.9 Å². The molecule has 0 radical (unpaired) electrons. The van der Waals surface area contributed by atoms with E-state index in [1.165, 1.54) is 11.3 Å². The van der Waals surface area contributed by atoms with Gasteiger partial charge in [0.05, 0.1) is 16.6 Å². The molecule has 0 aliphatic heterocycles. The van der Waals surface area contributed by atoms with Crippen LogP contribution in [0.5, 0.6) is 0 Å². The molecule has 0 saturated heterocycles. The van der Waals surface area contributed by atoms with E-state index in [0.717, 1.165) is 21.3 Å². The van der Waals surface area contributed by atoms with Crippen LogP contribution in [0, 0.1) is 6.92 Å². The van der Waals surface area contributed by atoms with E-state index >= 15 is 0 Å².